The smallest absolute Gasteiger partial charge is 0.287 e. The van der Waals surface area contributed by atoms with Crippen LogP contribution >= 0.6 is 0 Å². The van der Waals surface area contributed by atoms with Crippen LogP contribution in [-0.2, 0) is 14.2 Å². The van der Waals surface area contributed by atoms with E-state index in [0.29, 0.717) is 5.95 Å². The van der Waals surface area contributed by atoms with Gasteiger partial charge in [0.1, 0.15) is 11.2 Å². The summed E-state index contributed by atoms with van der Waals surface area (Å²) in [6, 6.07) is 0. The van der Waals surface area contributed by atoms with Gasteiger partial charge in [-0.1, -0.05) is 0 Å². The van der Waals surface area contributed by atoms with Gasteiger partial charge in [0.2, 0.25) is 0 Å². The van der Waals surface area contributed by atoms with Crippen molar-refractivity contribution in [2.24, 2.45) is 0 Å². The fourth-order valence-corrected chi connectivity index (χ4v) is 1.07. The molecule has 0 aromatic carbocycles. The Morgan fingerprint density at radius 2 is 1.93 bits per heavy atom. The molecule has 0 aromatic heterocycles. The van der Waals surface area contributed by atoms with Gasteiger partial charge in [0.05, 0.1) is 0 Å². The molecule has 0 atom stereocenters. The number of hydrogen-bond acceptors (Lipinski definition) is 3. The molecule has 0 unspecified atom stereocenters. The van der Waals surface area contributed by atoms with Crippen molar-refractivity contribution < 1.29 is 14.2 Å². The largest absolute Gasteiger partial charge is 0.460 e. The van der Waals surface area contributed by atoms with Crippen molar-refractivity contribution in [1.29, 1.82) is 0 Å². The van der Waals surface area contributed by atoms with Crippen LogP contribution in [0.3, 0.4) is 0 Å². The van der Waals surface area contributed by atoms with Crippen molar-refractivity contribution in [2.75, 3.05) is 0 Å². The highest BCUT2D eigenvalue weighted by atomic mass is 16.8. The third kappa shape index (κ3) is 3.32. The minimum atomic E-state index is -0.295. The van der Waals surface area contributed by atoms with Gasteiger partial charge in [0, 0.05) is 6.08 Å². The Bertz CT molecular complexity index is 269. The molecule has 1 aliphatic heterocycles. The normalized spacial score (nSPS) is 18.8. The maximum Gasteiger partial charge on any atom is 0.287 e. The van der Waals surface area contributed by atoms with Crippen LogP contribution in [0.4, 0.5) is 0 Å². The predicted octanol–water partition coefficient (Wildman–Crippen LogP) is 2.94. The SMILES string of the molecule is C=C(OC1=CC(C)(C)O1)OC(C)(C)C. The van der Waals surface area contributed by atoms with Gasteiger partial charge in [0.25, 0.3) is 11.9 Å². The molecule has 80 valence electrons. The standard InChI is InChI=1S/C11H18O3/c1-8(13-10(2,3)4)12-9-7-11(5,6)14-9/h7H,1H2,2-6H3. The van der Waals surface area contributed by atoms with Crippen molar-refractivity contribution >= 4 is 0 Å². The Hall–Kier alpha value is -1.12. The summed E-state index contributed by atoms with van der Waals surface area (Å²) in [6.07, 6.45) is 1.88. The Balaban J connectivity index is 2.37. The summed E-state index contributed by atoms with van der Waals surface area (Å²) in [7, 11) is 0. The zero-order chi connectivity index (χ0) is 11.0. The molecule has 1 rings (SSSR count). The summed E-state index contributed by atoms with van der Waals surface area (Å²) in [5.74, 6) is 0.725. The van der Waals surface area contributed by atoms with Gasteiger partial charge in [0.15, 0.2) is 0 Å². The minimum Gasteiger partial charge on any atom is -0.460 e. The first-order valence-corrected chi connectivity index (χ1v) is 4.66. The summed E-state index contributed by atoms with van der Waals surface area (Å²) < 4.78 is 15.9. The number of ether oxygens (including phenoxy) is 3. The van der Waals surface area contributed by atoms with Crippen LogP contribution in [0.5, 0.6) is 0 Å². The van der Waals surface area contributed by atoms with Crippen LogP contribution in [0.2, 0.25) is 0 Å². The third-order valence-corrected chi connectivity index (χ3v) is 1.46. The van der Waals surface area contributed by atoms with Crippen molar-refractivity contribution in [2.45, 2.75) is 45.8 Å². The monoisotopic (exact) mass is 198 g/mol. The van der Waals surface area contributed by atoms with E-state index < -0.39 is 0 Å². The molecule has 0 saturated carbocycles. The Labute approximate surface area is 85.3 Å². The van der Waals surface area contributed by atoms with Crippen LogP contribution in [0.25, 0.3) is 0 Å². The lowest BCUT2D eigenvalue weighted by Crippen LogP contribution is -2.32. The molecule has 14 heavy (non-hydrogen) atoms. The van der Waals surface area contributed by atoms with E-state index in [4.69, 9.17) is 14.2 Å². The van der Waals surface area contributed by atoms with Gasteiger partial charge in [-0.05, 0) is 41.2 Å². The van der Waals surface area contributed by atoms with E-state index in [-0.39, 0.29) is 17.1 Å². The van der Waals surface area contributed by atoms with E-state index in [2.05, 4.69) is 6.58 Å². The average Bonchev–Trinajstić information content (AvgIpc) is 1.76. The lowest BCUT2D eigenvalue weighted by Gasteiger charge is -2.33. The molecule has 0 spiro atoms. The molecule has 3 heteroatoms. The van der Waals surface area contributed by atoms with E-state index in [1.807, 2.05) is 40.7 Å². The van der Waals surface area contributed by atoms with Gasteiger partial charge in [-0.2, -0.15) is 0 Å². The Morgan fingerprint density at radius 3 is 2.29 bits per heavy atom. The molecular weight excluding hydrogens is 180 g/mol. The van der Waals surface area contributed by atoms with E-state index in [0.717, 1.165) is 0 Å². The quantitative estimate of drug-likeness (QED) is 0.652. The predicted molar refractivity (Wildman–Crippen MR) is 54.3 cm³/mol. The van der Waals surface area contributed by atoms with E-state index in [9.17, 15) is 0 Å². The summed E-state index contributed by atoms with van der Waals surface area (Å²) in [4.78, 5) is 0. The van der Waals surface area contributed by atoms with Gasteiger partial charge in [-0.3, -0.25) is 0 Å². The lowest BCUT2D eigenvalue weighted by atomic mass is 10.1. The molecule has 0 amide bonds. The fraction of sp³-hybridized carbons (Fsp3) is 0.636. The highest BCUT2D eigenvalue weighted by Crippen LogP contribution is 2.30. The zero-order valence-electron chi connectivity index (χ0n) is 9.51. The van der Waals surface area contributed by atoms with Gasteiger partial charge < -0.3 is 14.2 Å². The molecule has 0 aliphatic carbocycles. The van der Waals surface area contributed by atoms with E-state index >= 15 is 0 Å². The second-order valence-corrected chi connectivity index (χ2v) is 4.86. The summed E-state index contributed by atoms with van der Waals surface area (Å²) >= 11 is 0. The van der Waals surface area contributed by atoms with Crippen LogP contribution in [0.15, 0.2) is 24.5 Å². The summed E-state index contributed by atoms with van der Waals surface area (Å²) in [6.45, 7) is 13.3. The first kappa shape index (κ1) is 11.0. The van der Waals surface area contributed by atoms with E-state index in [1.54, 1.807) is 0 Å². The van der Waals surface area contributed by atoms with E-state index in [1.165, 1.54) is 0 Å². The highest BCUT2D eigenvalue weighted by Gasteiger charge is 2.31. The van der Waals surface area contributed by atoms with Gasteiger partial charge >= 0.3 is 0 Å². The zero-order valence-corrected chi connectivity index (χ0v) is 9.51. The Morgan fingerprint density at radius 1 is 1.43 bits per heavy atom. The molecule has 0 aromatic rings. The Kier molecular flexibility index (Phi) is 2.52. The average molecular weight is 198 g/mol. The number of hydrogen-bond donors (Lipinski definition) is 0. The lowest BCUT2D eigenvalue weighted by molar-refractivity contribution is -0.108. The first-order valence-electron chi connectivity index (χ1n) is 4.66. The molecular formula is C11H18O3. The minimum absolute atomic E-state index is 0.225. The second kappa shape index (κ2) is 3.23. The molecule has 3 nitrogen and oxygen atoms in total. The maximum absolute atomic E-state index is 5.37. The molecule has 0 bridgehead atoms. The van der Waals surface area contributed by atoms with Crippen LogP contribution in [0.1, 0.15) is 34.6 Å². The van der Waals surface area contributed by atoms with Crippen LogP contribution < -0.4 is 0 Å². The highest BCUT2D eigenvalue weighted by molar-refractivity contribution is 5.10. The fourth-order valence-electron chi connectivity index (χ4n) is 1.07. The van der Waals surface area contributed by atoms with Crippen LogP contribution in [0, 0.1) is 0 Å². The third-order valence-electron chi connectivity index (χ3n) is 1.46. The maximum atomic E-state index is 5.37. The first-order chi connectivity index (χ1) is 6.18. The molecule has 0 fully saturated rings. The van der Waals surface area contributed by atoms with Gasteiger partial charge in [-0.25, -0.2) is 0 Å². The van der Waals surface area contributed by atoms with Crippen molar-refractivity contribution in [3.05, 3.63) is 24.5 Å². The summed E-state index contributed by atoms with van der Waals surface area (Å²) in [5.41, 5.74) is -0.520. The second-order valence-electron chi connectivity index (χ2n) is 4.86. The van der Waals surface area contributed by atoms with Crippen LogP contribution in [-0.4, -0.2) is 11.2 Å². The van der Waals surface area contributed by atoms with Crippen molar-refractivity contribution in [1.82, 2.24) is 0 Å². The molecule has 1 heterocycles. The van der Waals surface area contributed by atoms with Crippen molar-refractivity contribution in [3.63, 3.8) is 0 Å². The molecule has 0 radical (unpaired) electrons. The number of rotatable bonds is 3. The van der Waals surface area contributed by atoms with Gasteiger partial charge in [-0.15, -0.1) is 0 Å². The molecule has 0 N–H and O–H groups in total. The molecule has 0 saturated heterocycles. The summed E-state index contributed by atoms with van der Waals surface area (Å²) in [5, 5.41) is 0. The topological polar surface area (TPSA) is 27.7 Å². The molecule has 1 aliphatic rings. The van der Waals surface area contributed by atoms with Crippen molar-refractivity contribution in [3.8, 4) is 0 Å².